The first kappa shape index (κ1) is 17.1. The summed E-state index contributed by atoms with van der Waals surface area (Å²) in [5.41, 5.74) is -0.370. The summed E-state index contributed by atoms with van der Waals surface area (Å²) >= 11 is 3.51. The molecule has 3 rings (SSSR count). The highest BCUT2D eigenvalue weighted by molar-refractivity contribution is 9.10. The Morgan fingerprint density at radius 1 is 1.30 bits per heavy atom. The van der Waals surface area contributed by atoms with Gasteiger partial charge in [-0.25, -0.2) is 0 Å². The number of Topliss-reactive ketones (excluding diaryl/α,β-unsaturated/α-hetero) is 1. The van der Waals surface area contributed by atoms with Crippen LogP contribution in [0.3, 0.4) is 0 Å². The lowest BCUT2D eigenvalue weighted by atomic mass is 9.79. The number of epoxide rings is 1. The maximum atomic E-state index is 13.0. The Labute approximate surface area is 145 Å². The standard InChI is InChI=1S/C18H23BrO4/c1-6-11-9-12(19)7-8-13(11)14-18(22-14)15(20)16(2,3)23-17(18,4)10-21-5/h7-9,14H,6,10H2,1-5H3. The van der Waals surface area contributed by atoms with Crippen LogP contribution in [0.15, 0.2) is 22.7 Å². The van der Waals surface area contributed by atoms with Crippen molar-refractivity contribution in [3.05, 3.63) is 33.8 Å². The van der Waals surface area contributed by atoms with Crippen molar-refractivity contribution in [1.29, 1.82) is 0 Å². The topological polar surface area (TPSA) is 48.1 Å². The minimum Gasteiger partial charge on any atom is -0.382 e. The lowest BCUT2D eigenvalue weighted by molar-refractivity contribution is -0.137. The minimum atomic E-state index is -0.954. The molecule has 5 heteroatoms. The molecule has 1 aromatic carbocycles. The van der Waals surface area contributed by atoms with Gasteiger partial charge in [-0.1, -0.05) is 28.9 Å². The predicted molar refractivity (Wildman–Crippen MR) is 90.5 cm³/mol. The van der Waals surface area contributed by atoms with Crippen LogP contribution in [0.2, 0.25) is 0 Å². The summed E-state index contributed by atoms with van der Waals surface area (Å²) in [6.45, 7) is 7.94. The number of hydrogen-bond acceptors (Lipinski definition) is 4. The number of rotatable bonds is 4. The van der Waals surface area contributed by atoms with Crippen LogP contribution >= 0.6 is 15.9 Å². The van der Waals surface area contributed by atoms with Gasteiger partial charge in [0.15, 0.2) is 5.60 Å². The lowest BCUT2D eigenvalue weighted by Gasteiger charge is -2.28. The molecule has 2 fully saturated rings. The van der Waals surface area contributed by atoms with E-state index in [0.29, 0.717) is 6.61 Å². The van der Waals surface area contributed by atoms with Gasteiger partial charge in [0.1, 0.15) is 17.3 Å². The van der Waals surface area contributed by atoms with Crippen molar-refractivity contribution in [3.8, 4) is 0 Å². The van der Waals surface area contributed by atoms with Crippen LogP contribution < -0.4 is 0 Å². The first-order valence-electron chi connectivity index (χ1n) is 7.92. The van der Waals surface area contributed by atoms with Crippen LogP contribution in [0.25, 0.3) is 0 Å². The molecule has 0 amide bonds. The van der Waals surface area contributed by atoms with Crippen molar-refractivity contribution in [2.45, 2.75) is 57.0 Å². The molecule has 2 aliphatic rings. The zero-order chi connectivity index (χ0) is 17.0. The van der Waals surface area contributed by atoms with E-state index in [1.54, 1.807) is 21.0 Å². The number of ether oxygens (including phenoxy) is 3. The molecule has 1 aromatic rings. The molecule has 0 radical (unpaired) electrons. The second-order valence-electron chi connectivity index (χ2n) is 7.04. The first-order chi connectivity index (χ1) is 10.7. The van der Waals surface area contributed by atoms with Gasteiger partial charge < -0.3 is 14.2 Å². The fourth-order valence-corrected chi connectivity index (χ4v) is 4.34. The maximum Gasteiger partial charge on any atom is 0.201 e. The van der Waals surface area contributed by atoms with E-state index in [-0.39, 0.29) is 11.9 Å². The molecular formula is C18H23BrO4. The minimum absolute atomic E-state index is 0.000443. The Bertz CT molecular complexity index is 656. The molecule has 0 N–H and O–H groups in total. The van der Waals surface area contributed by atoms with E-state index in [2.05, 4.69) is 28.9 Å². The van der Waals surface area contributed by atoms with Crippen LogP contribution in [0.5, 0.6) is 0 Å². The van der Waals surface area contributed by atoms with E-state index in [0.717, 1.165) is 16.5 Å². The van der Waals surface area contributed by atoms with E-state index >= 15 is 0 Å². The third-order valence-corrected chi connectivity index (χ3v) is 5.45. The van der Waals surface area contributed by atoms with Gasteiger partial charge in [0.05, 0.1) is 6.61 Å². The van der Waals surface area contributed by atoms with Crippen molar-refractivity contribution in [2.24, 2.45) is 0 Å². The van der Waals surface area contributed by atoms with E-state index in [9.17, 15) is 4.79 Å². The molecule has 126 valence electrons. The SMILES string of the molecule is CCc1cc(Br)ccc1C1OC12C(=O)C(C)(C)OC2(C)COC. The highest BCUT2D eigenvalue weighted by Crippen LogP contribution is 2.64. The molecule has 2 heterocycles. The number of hydrogen-bond donors (Lipinski definition) is 0. The van der Waals surface area contributed by atoms with E-state index in [4.69, 9.17) is 14.2 Å². The van der Waals surface area contributed by atoms with Gasteiger partial charge in [-0.05, 0) is 50.5 Å². The number of halogens is 1. The normalized spacial score (nSPS) is 35.0. The van der Waals surface area contributed by atoms with Gasteiger partial charge in [0.2, 0.25) is 5.78 Å². The summed E-state index contributed by atoms with van der Waals surface area (Å²) < 4.78 is 18.6. The monoisotopic (exact) mass is 382 g/mol. The largest absolute Gasteiger partial charge is 0.382 e. The van der Waals surface area contributed by atoms with Crippen LogP contribution in [0, 0.1) is 0 Å². The Balaban J connectivity index is 2.05. The van der Waals surface area contributed by atoms with Gasteiger partial charge in [-0.2, -0.15) is 0 Å². The Morgan fingerprint density at radius 3 is 2.61 bits per heavy atom. The third kappa shape index (κ3) is 2.32. The number of carbonyl (C=O) groups is 1. The van der Waals surface area contributed by atoms with Crippen molar-refractivity contribution in [2.75, 3.05) is 13.7 Å². The molecule has 23 heavy (non-hydrogen) atoms. The quantitative estimate of drug-likeness (QED) is 0.746. The zero-order valence-electron chi connectivity index (χ0n) is 14.2. The van der Waals surface area contributed by atoms with Gasteiger partial charge in [-0.3, -0.25) is 4.79 Å². The summed E-state index contributed by atoms with van der Waals surface area (Å²) in [5.74, 6) is -0.000443. The van der Waals surface area contributed by atoms with Gasteiger partial charge in [0.25, 0.3) is 0 Å². The fourth-order valence-electron chi connectivity index (χ4n) is 3.93. The van der Waals surface area contributed by atoms with E-state index in [1.807, 2.05) is 19.1 Å². The summed E-state index contributed by atoms with van der Waals surface area (Å²) in [5, 5.41) is 0. The number of ketones is 1. The highest BCUT2D eigenvalue weighted by Gasteiger charge is 2.80. The molecule has 4 nitrogen and oxygen atoms in total. The second kappa shape index (κ2) is 5.38. The Morgan fingerprint density at radius 2 is 2.00 bits per heavy atom. The molecule has 2 aliphatic heterocycles. The van der Waals surface area contributed by atoms with Crippen molar-refractivity contribution >= 4 is 21.7 Å². The van der Waals surface area contributed by atoms with Gasteiger partial charge >= 0.3 is 0 Å². The van der Waals surface area contributed by atoms with Gasteiger partial charge in [0, 0.05) is 11.6 Å². The molecular weight excluding hydrogens is 360 g/mol. The number of carbonyl (C=O) groups excluding carboxylic acids is 1. The summed E-state index contributed by atoms with van der Waals surface area (Å²) in [6.07, 6.45) is 0.601. The summed E-state index contributed by atoms with van der Waals surface area (Å²) in [7, 11) is 1.62. The Hall–Kier alpha value is -0.750. The molecule has 0 bridgehead atoms. The third-order valence-electron chi connectivity index (χ3n) is 4.95. The molecule has 1 spiro atoms. The Kier molecular flexibility index (Phi) is 4.00. The molecule has 0 aromatic heterocycles. The highest BCUT2D eigenvalue weighted by atomic mass is 79.9. The first-order valence-corrected chi connectivity index (χ1v) is 8.71. The second-order valence-corrected chi connectivity index (χ2v) is 7.95. The van der Waals surface area contributed by atoms with Gasteiger partial charge in [-0.15, -0.1) is 0 Å². The average molecular weight is 383 g/mol. The maximum absolute atomic E-state index is 13.0. The molecule has 0 saturated carbocycles. The average Bonchev–Trinajstić information content (AvgIpc) is 3.19. The molecule has 2 saturated heterocycles. The molecule has 3 atom stereocenters. The van der Waals surface area contributed by atoms with Crippen LogP contribution in [-0.2, 0) is 25.4 Å². The van der Waals surface area contributed by atoms with Crippen molar-refractivity contribution < 1.29 is 19.0 Å². The molecule has 0 aliphatic carbocycles. The van der Waals surface area contributed by atoms with E-state index < -0.39 is 16.8 Å². The summed E-state index contributed by atoms with van der Waals surface area (Å²) in [4.78, 5) is 13.0. The number of methoxy groups -OCH3 is 1. The number of benzene rings is 1. The predicted octanol–water partition coefficient (Wildman–Crippen LogP) is 3.60. The van der Waals surface area contributed by atoms with Crippen LogP contribution in [0.1, 0.15) is 44.9 Å². The molecule has 3 unspecified atom stereocenters. The summed E-state index contributed by atoms with van der Waals surface area (Å²) in [6, 6.07) is 6.11. The smallest absolute Gasteiger partial charge is 0.201 e. The zero-order valence-corrected chi connectivity index (χ0v) is 15.8. The fraction of sp³-hybridized carbons (Fsp3) is 0.611. The lowest BCUT2D eigenvalue weighted by Crippen LogP contribution is -2.46. The van der Waals surface area contributed by atoms with Crippen LogP contribution in [0.4, 0.5) is 0 Å². The van der Waals surface area contributed by atoms with E-state index in [1.165, 1.54) is 5.56 Å². The number of aryl methyl sites for hydroxylation is 1. The van der Waals surface area contributed by atoms with Crippen molar-refractivity contribution in [1.82, 2.24) is 0 Å². The van der Waals surface area contributed by atoms with Crippen molar-refractivity contribution in [3.63, 3.8) is 0 Å². The van der Waals surface area contributed by atoms with Crippen LogP contribution in [-0.4, -0.2) is 36.3 Å².